The molecule has 1 rings (SSSR count). The van der Waals surface area contributed by atoms with Crippen molar-refractivity contribution in [2.75, 3.05) is 19.6 Å². The number of carboxylic acids is 1. The number of hydrogen-bond donors (Lipinski definition) is 2. The number of rotatable bonds is 6. The minimum atomic E-state index is -0.754. The minimum absolute atomic E-state index is 0.00229. The highest BCUT2D eigenvalue weighted by molar-refractivity contribution is 5.74. The quantitative estimate of drug-likeness (QED) is 0.787. The van der Waals surface area contributed by atoms with E-state index >= 15 is 0 Å². The molecule has 1 aliphatic heterocycles. The van der Waals surface area contributed by atoms with Gasteiger partial charge in [-0.25, -0.2) is 4.79 Å². The lowest BCUT2D eigenvalue weighted by Crippen LogP contribution is -2.47. The number of nitrogens with zero attached hydrogens (tertiary/aromatic N) is 1. The van der Waals surface area contributed by atoms with Gasteiger partial charge in [0.2, 0.25) is 0 Å². The smallest absolute Gasteiger partial charge is 0.317 e. The Balaban J connectivity index is 2.43. The molecule has 1 aliphatic rings. The highest BCUT2D eigenvalue weighted by atomic mass is 16.4. The van der Waals surface area contributed by atoms with Gasteiger partial charge < -0.3 is 15.3 Å². The Morgan fingerprint density at radius 3 is 2.70 bits per heavy atom. The second-order valence-corrected chi connectivity index (χ2v) is 6.12. The van der Waals surface area contributed by atoms with Crippen LogP contribution in [0.1, 0.15) is 46.5 Å². The fourth-order valence-corrected chi connectivity index (χ4v) is 2.62. The van der Waals surface area contributed by atoms with Gasteiger partial charge in [-0.1, -0.05) is 27.2 Å². The molecule has 2 N–H and O–H groups in total. The van der Waals surface area contributed by atoms with E-state index < -0.39 is 5.97 Å². The fourth-order valence-electron chi connectivity index (χ4n) is 2.62. The van der Waals surface area contributed by atoms with Gasteiger partial charge in [0.05, 0.1) is 0 Å². The molecular formula is C15H28N2O3. The van der Waals surface area contributed by atoms with Gasteiger partial charge in [0.25, 0.3) is 0 Å². The van der Waals surface area contributed by atoms with Crippen LogP contribution >= 0.6 is 0 Å². The molecule has 2 amide bonds. The molecule has 0 aliphatic carbocycles. The molecule has 0 radical (unpaired) electrons. The summed E-state index contributed by atoms with van der Waals surface area (Å²) in [6.45, 7) is 8.37. The summed E-state index contributed by atoms with van der Waals surface area (Å²) in [6.07, 6.45) is 3.22. The zero-order chi connectivity index (χ0) is 15.1. The third-order valence-electron chi connectivity index (χ3n) is 4.35. The van der Waals surface area contributed by atoms with Crippen LogP contribution in [0, 0.1) is 17.8 Å². The maximum atomic E-state index is 12.1. The molecule has 0 aromatic rings. The molecule has 1 fully saturated rings. The Labute approximate surface area is 121 Å². The van der Waals surface area contributed by atoms with Crippen molar-refractivity contribution in [3.63, 3.8) is 0 Å². The Bertz CT molecular complexity index is 333. The Kier molecular flexibility index (Phi) is 6.82. The molecule has 116 valence electrons. The lowest BCUT2D eigenvalue weighted by molar-refractivity contribution is -0.138. The Morgan fingerprint density at radius 2 is 2.10 bits per heavy atom. The van der Waals surface area contributed by atoms with Crippen LogP contribution in [0.4, 0.5) is 4.79 Å². The van der Waals surface area contributed by atoms with E-state index in [2.05, 4.69) is 19.2 Å². The SMILES string of the molecule is CCC(C)CNC(=O)N1CCCC(C(C)CC(=O)O)C1. The van der Waals surface area contributed by atoms with E-state index in [4.69, 9.17) is 5.11 Å². The molecule has 3 atom stereocenters. The fraction of sp³-hybridized carbons (Fsp3) is 0.867. The number of amides is 2. The van der Waals surface area contributed by atoms with Crippen LogP contribution in [-0.2, 0) is 4.79 Å². The van der Waals surface area contributed by atoms with Crippen molar-refractivity contribution in [2.45, 2.75) is 46.5 Å². The van der Waals surface area contributed by atoms with Crippen LogP contribution in [0.2, 0.25) is 0 Å². The third-order valence-corrected chi connectivity index (χ3v) is 4.35. The number of nitrogens with one attached hydrogen (secondary N) is 1. The molecule has 1 heterocycles. The largest absolute Gasteiger partial charge is 0.481 e. The monoisotopic (exact) mass is 284 g/mol. The van der Waals surface area contributed by atoms with Gasteiger partial charge in [-0.3, -0.25) is 4.79 Å². The molecule has 0 aromatic carbocycles. The van der Waals surface area contributed by atoms with Gasteiger partial charge >= 0.3 is 12.0 Å². The first-order valence-electron chi connectivity index (χ1n) is 7.68. The summed E-state index contributed by atoms with van der Waals surface area (Å²) in [5.41, 5.74) is 0. The number of hydrogen-bond acceptors (Lipinski definition) is 2. The predicted octanol–water partition coefficient (Wildman–Crippen LogP) is 2.56. The van der Waals surface area contributed by atoms with Crippen molar-refractivity contribution < 1.29 is 14.7 Å². The lowest BCUT2D eigenvalue weighted by atomic mass is 9.85. The summed E-state index contributed by atoms with van der Waals surface area (Å²) < 4.78 is 0. The molecule has 20 heavy (non-hydrogen) atoms. The van der Waals surface area contributed by atoms with Crippen LogP contribution < -0.4 is 5.32 Å². The highest BCUT2D eigenvalue weighted by Gasteiger charge is 2.28. The van der Waals surface area contributed by atoms with E-state index in [1.54, 1.807) is 0 Å². The first-order chi connectivity index (χ1) is 9.43. The van der Waals surface area contributed by atoms with E-state index in [-0.39, 0.29) is 18.4 Å². The van der Waals surface area contributed by atoms with Crippen LogP contribution in [0.15, 0.2) is 0 Å². The summed E-state index contributed by atoms with van der Waals surface area (Å²) in [5, 5.41) is 11.8. The molecule has 5 heteroatoms. The van der Waals surface area contributed by atoms with Gasteiger partial charge in [-0.15, -0.1) is 0 Å². The number of aliphatic carboxylic acids is 1. The maximum Gasteiger partial charge on any atom is 0.317 e. The van der Waals surface area contributed by atoms with Gasteiger partial charge in [0.15, 0.2) is 0 Å². The molecule has 0 bridgehead atoms. The number of carbonyl (C=O) groups excluding carboxylic acids is 1. The lowest BCUT2D eigenvalue weighted by Gasteiger charge is -2.35. The number of carbonyl (C=O) groups is 2. The molecule has 0 aromatic heterocycles. The van der Waals surface area contributed by atoms with Crippen molar-refractivity contribution >= 4 is 12.0 Å². The second kappa shape index (κ2) is 8.12. The second-order valence-electron chi connectivity index (χ2n) is 6.12. The molecule has 3 unspecified atom stereocenters. The molecular weight excluding hydrogens is 256 g/mol. The first-order valence-corrected chi connectivity index (χ1v) is 7.68. The number of piperidine rings is 1. The molecule has 1 saturated heterocycles. The van der Waals surface area contributed by atoms with Gasteiger partial charge in [0.1, 0.15) is 0 Å². The normalized spacial score (nSPS) is 22.1. The van der Waals surface area contributed by atoms with Crippen molar-refractivity contribution in [2.24, 2.45) is 17.8 Å². The first kappa shape index (κ1) is 16.8. The predicted molar refractivity (Wildman–Crippen MR) is 78.6 cm³/mol. The molecule has 0 spiro atoms. The van der Waals surface area contributed by atoms with Crippen LogP contribution in [0.5, 0.6) is 0 Å². The van der Waals surface area contributed by atoms with Crippen LogP contribution in [0.25, 0.3) is 0 Å². The zero-order valence-corrected chi connectivity index (χ0v) is 12.9. The Morgan fingerprint density at radius 1 is 1.40 bits per heavy atom. The van der Waals surface area contributed by atoms with Gasteiger partial charge in [-0.2, -0.15) is 0 Å². The van der Waals surface area contributed by atoms with Gasteiger partial charge in [-0.05, 0) is 30.6 Å². The summed E-state index contributed by atoms with van der Waals surface area (Å²) in [6, 6.07) is -0.00229. The molecule has 5 nitrogen and oxygen atoms in total. The van der Waals surface area contributed by atoms with Gasteiger partial charge in [0, 0.05) is 26.1 Å². The summed E-state index contributed by atoms with van der Waals surface area (Å²) in [4.78, 5) is 24.7. The van der Waals surface area contributed by atoms with E-state index in [0.29, 0.717) is 24.9 Å². The van der Waals surface area contributed by atoms with E-state index in [1.807, 2.05) is 11.8 Å². The summed E-state index contributed by atoms with van der Waals surface area (Å²) >= 11 is 0. The summed E-state index contributed by atoms with van der Waals surface area (Å²) in [5.74, 6) is 0.160. The average molecular weight is 284 g/mol. The van der Waals surface area contributed by atoms with Crippen molar-refractivity contribution in [3.8, 4) is 0 Å². The van der Waals surface area contributed by atoms with E-state index in [0.717, 1.165) is 25.8 Å². The third kappa shape index (κ3) is 5.39. The number of carboxylic acid groups (broad SMARTS) is 1. The van der Waals surface area contributed by atoms with Crippen LogP contribution in [0.3, 0.4) is 0 Å². The van der Waals surface area contributed by atoms with E-state index in [9.17, 15) is 9.59 Å². The number of urea groups is 1. The van der Waals surface area contributed by atoms with Crippen LogP contribution in [-0.4, -0.2) is 41.6 Å². The van der Waals surface area contributed by atoms with E-state index in [1.165, 1.54) is 0 Å². The highest BCUT2D eigenvalue weighted by Crippen LogP contribution is 2.26. The van der Waals surface area contributed by atoms with Crippen molar-refractivity contribution in [1.82, 2.24) is 10.2 Å². The van der Waals surface area contributed by atoms with Crippen molar-refractivity contribution in [1.29, 1.82) is 0 Å². The zero-order valence-electron chi connectivity index (χ0n) is 12.9. The minimum Gasteiger partial charge on any atom is -0.481 e. The topological polar surface area (TPSA) is 69.6 Å². The Hall–Kier alpha value is -1.26. The average Bonchev–Trinajstić information content (AvgIpc) is 2.43. The standard InChI is InChI=1S/C15H28N2O3/c1-4-11(2)9-16-15(20)17-7-5-6-13(10-17)12(3)8-14(18)19/h11-13H,4-10H2,1-3H3,(H,16,20)(H,18,19). The summed E-state index contributed by atoms with van der Waals surface area (Å²) in [7, 11) is 0. The maximum absolute atomic E-state index is 12.1. The van der Waals surface area contributed by atoms with Crippen molar-refractivity contribution in [3.05, 3.63) is 0 Å². The molecule has 0 saturated carbocycles. The number of likely N-dealkylation sites (tertiary alicyclic amines) is 1.